The maximum Gasteiger partial charge on any atom is 2.00 e. The van der Waals surface area contributed by atoms with Gasteiger partial charge in [-0.3, -0.25) is 15.0 Å². The minimum absolute atomic E-state index is 0. The number of hydrogen-bond acceptors (Lipinski definition) is 20. The van der Waals surface area contributed by atoms with Gasteiger partial charge in [0, 0.05) is 151 Å². The summed E-state index contributed by atoms with van der Waals surface area (Å²) in [4.78, 5) is 60.4. The summed E-state index contributed by atoms with van der Waals surface area (Å²) in [5.74, 6) is 4.48. The molecule has 12 heterocycles. The number of unbranched alkanes of at least 4 members (excludes halogenated alkanes) is 8. The van der Waals surface area contributed by atoms with E-state index in [0.29, 0.717) is 26.9 Å². The second-order valence-electron chi connectivity index (χ2n) is 41.6. The molecule has 9 aromatic rings. The van der Waals surface area contributed by atoms with E-state index in [9.17, 15) is 0 Å². The van der Waals surface area contributed by atoms with E-state index in [0.717, 1.165) is 142 Å². The molecule has 0 bridgehead atoms. The first-order chi connectivity index (χ1) is 66.4. The van der Waals surface area contributed by atoms with E-state index >= 15 is 0 Å². The number of nitrogens with zero attached hydrogens (tertiary/aromatic N) is 15. The van der Waals surface area contributed by atoms with Gasteiger partial charge in [0.25, 0.3) is 0 Å². The van der Waals surface area contributed by atoms with Crippen LogP contribution in [0, 0.1) is 6.42 Å². The standard InChI is InChI=1S/C20H37N3OSSi.C19H31N3OSSi.C14H20BrN3OSi.C14H23N3S.C9H16Br2N2OSi.C5H4BrN.C5H4N.C5H12S.C4H8O.C3H7.6CH3.2ClH.Mg.2Sn/c1-6-7-8-13-25-20-19(18-10-9-11-22(2)15-18)23(16-21-20)17-24-12-14-26(3,4)5;1-5-6-7-12-24-19-18(17-9-8-10-20-14-17)22(15-21-19)16-23-11-13-25(2,3)4;1-20(2,3)8-7-19-11-18-10-17-14(15)13(18)12-5-4-6-16-9-12;1-3-4-5-9-18-14-13(15-11-16-14)12-7-6-8-17(2)10-12;1-15(2,3)5-4-14-7-13-6-12-8(10)9(13)11;6-5-2-1-3-7-4-5;1-2-4-6-5-3-1;1-2-3-4-5-6;1-2-4-5-3-1;1-3-2;;;;;;;;;;;/h10,16H,6-9,11-15,17H2,1-5H3;8-10,14-15H,5-7,11-13,16H2,1-4H3;4-6,9-10H,7-8,11H2,1-3H3;7,11H,3-6,8-10H2,1-2H3,(H,15,16);6H,4-5,7H2,1-3H3;1-4H;1-2,4-5H;6H,2-5H2,1H3;1-4H2;3H,1-2H3;6*1H3;2*1H;;;/q;;;;;;;;;-1;;;;;;;;;+2;;+1/p-2. The van der Waals surface area contributed by atoms with E-state index in [1.165, 1.54) is 156 Å². The van der Waals surface area contributed by atoms with Crippen molar-refractivity contribution in [3.63, 3.8) is 0 Å². The number of aromatic amines is 1. The molecule has 0 aliphatic carbocycles. The molecule has 0 amide bonds. The van der Waals surface area contributed by atoms with Gasteiger partial charge in [0.2, 0.25) is 0 Å². The van der Waals surface area contributed by atoms with Crippen molar-refractivity contribution >= 4 is 226 Å². The van der Waals surface area contributed by atoms with Gasteiger partial charge in [-0.25, -0.2) is 24.9 Å². The predicted octanol–water partition coefficient (Wildman–Crippen LogP) is 28.2. The largest absolute Gasteiger partial charge is 2.00 e. The Labute approximate surface area is 951 Å². The second kappa shape index (κ2) is 82.5. The molecule has 1 N–H and O–H groups in total. The zero-order valence-corrected chi connectivity index (χ0v) is 114. The van der Waals surface area contributed by atoms with Gasteiger partial charge < -0.3 is 75.6 Å². The fourth-order valence-electron chi connectivity index (χ4n) is 12.4. The molecule has 1 fully saturated rings. The molecular formula is C104H180Br4Cl2MgN16O5S4Si4Sn2. The summed E-state index contributed by atoms with van der Waals surface area (Å²) in [6, 6.07) is 20.8. The molecule has 3 aliphatic heterocycles. The Balaban J connectivity index is 0.00000161. The Hall–Kier alpha value is -1.02. The number of halogens is 6. The van der Waals surface area contributed by atoms with Crippen molar-refractivity contribution in [1.29, 1.82) is 0 Å². The number of H-pyrrole nitrogens is 1. The monoisotopic (exact) mass is 2620 g/mol. The average molecular weight is 2630 g/mol. The third-order valence-electron chi connectivity index (χ3n) is 20.5. The SMILES string of the molecule is Brc1cccnc1.C1CCOC1.CCCCCS.CCCCCSc1nc[nH]c1C1=CCCN(C)C1.CCCCCSc1ncn(COCC[Si](C)(C)C)c1-c1cccnc1.CCCCCSc1ncn(COCC[Si](C)(C)C)c1C1=CCCN(C)C1.C[CH-]C.C[Si](C)(C)CCOCn1cnc(Br)c1-c1cccnc1.C[Si](C)(C)CCOCn1cnc(Br)c1Br.[CH3][Sn]([CH3])([CH3])[Cl].[CH3][Sn]([CH3])([CH3])[c]1cccnc1.[Cl-].[Mg+2]. The fraction of sp³-hybridized carbons (Fsp3) is 0.615. The van der Waals surface area contributed by atoms with Crippen molar-refractivity contribution in [2.45, 2.75) is 319 Å². The van der Waals surface area contributed by atoms with E-state index in [4.69, 9.17) is 37.6 Å². The number of imidazole rings is 5. The summed E-state index contributed by atoms with van der Waals surface area (Å²) in [6.45, 7) is 53.2. The van der Waals surface area contributed by atoms with Crippen molar-refractivity contribution in [3.05, 3.63) is 178 Å². The van der Waals surface area contributed by atoms with E-state index in [1.54, 1.807) is 31.2 Å². The molecule has 3 aliphatic rings. The summed E-state index contributed by atoms with van der Waals surface area (Å²) >= 11 is 19.7. The number of hydrogen-bond donors (Lipinski definition) is 2. The van der Waals surface area contributed by atoms with Crippen LogP contribution >= 0.6 is 121 Å². The Morgan fingerprint density at radius 1 is 0.472 bits per heavy atom. The number of pyridine rings is 4. The summed E-state index contributed by atoms with van der Waals surface area (Å²) < 4.78 is 41.6. The van der Waals surface area contributed by atoms with E-state index in [1.807, 2.05) is 151 Å². The first kappa shape index (κ1) is 141. The maximum atomic E-state index is 6.02. The first-order valence-corrected chi connectivity index (χ1v) is 94.2. The van der Waals surface area contributed by atoms with Crippen molar-refractivity contribution in [1.82, 2.24) is 77.9 Å². The van der Waals surface area contributed by atoms with Crippen molar-refractivity contribution < 1.29 is 36.1 Å². The molecule has 1 saturated heterocycles. The molecule has 0 aromatic carbocycles. The minimum Gasteiger partial charge on any atom is -1.00 e. The number of rotatable bonds is 43. The molecule has 9 aromatic heterocycles. The van der Waals surface area contributed by atoms with E-state index in [-0.39, 0.29) is 35.5 Å². The zero-order valence-electron chi connectivity index (χ0n) is 91.6. The number of likely N-dealkylation sites (N-methyl/N-ethyl adjacent to an activating group) is 2. The first-order valence-electron chi connectivity index (χ1n) is 50.5. The topological polar surface area (TPSA) is 204 Å². The Morgan fingerprint density at radius 3 is 1.18 bits per heavy atom. The molecule has 0 radical (unpaired) electrons. The summed E-state index contributed by atoms with van der Waals surface area (Å²) in [7, 11) is 6.01. The molecule has 12 rings (SSSR count). The predicted molar refractivity (Wildman–Crippen MR) is 648 cm³/mol. The Bertz CT molecular complexity index is 4630. The van der Waals surface area contributed by atoms with Crippen LogP contribution in [-0.2, 0) is 50.6 Å². The zero-order chi connectivity index (χ0) is 104. The van der Waals surface area contributed by atoms with Gasteiger partial charge in [0.15, 0.2) is 0 Å². The van der Waals surface area contributed by atoms with Crippen LogP contribution in [-0.4, -0.2) is 272 Å². The molecule has 21 nitrogen and oxygen atoms in total. The van der Waals surface area contributed by atoms with Gasteiger partial charge in [-0.1, -0.05) is 170 Å². The molecule has 0 saturated carbocycles. The number of thioether (sulfide) groups is 3. The van der Waals surface area contributed by atoms with Gasteiger partial charge >= 0.3 is 130 Å². The molecule has 142 heavy (non-hydrogen) atoms. The third kappa shape index (κ3) is 71.1. The quantitative estimate of drug-likeness (QED) is 0.0120. The summed E-state index contributed by atoms with van der Waals surface area (Å²) in [6.07, 6.45) is 50.8. The molecule has 0 atom stereocenters. The van der Waals surface area contributed by atoms with Gasteiger partial charge in [0.1, 0.15) is 55.8 Å². The molecule has 0 unspecified atom stereocenters. The van der Waals surface area contributed by atoms with Crippen molar-refractivity contribution in [2.24, 2.45) is 0 Å². The molecule has 0 spiro atoms. The van der Waals surface area contributed by atoms with Crippen LogP contribution in [0.3, 0.4) is 0 Å². The number of thiol groups is 1. The van der Waals surface area contributed by atoms with Crippen LogP contribution in [0.2, 0.25) is 132 Å². The van der Waals surface area contributed by atoms with Gasteiger partial charge in [0.05, 0.1) is 54.4 Å². The number of ether oxygens (including phenoxy) is 5. The molecule has 38 heteroatoms. The van der Waals surface area contributed by atoms with Crippen LogP contribution < -0.4 is 16.0 Å². The second-order valence-corrected chi connectivity index (χ2v) is 105. The smallest absolute Gasteiger partial charge is 1.00 e. The van der Waals surface area contributed by atoms with Crippen molar-refractivity contribution in [2.75, 3.05) is 103 Å². The van der Waals surface area contributed by atoms with Crippen LogP contribution in [0.25, 0.3) is 33.7 Å². The van der Waals surface area contributed by atoms with Crippen LogP contribution in [0.1, 0.15) is 156 Å². The van der Waals surface area contributed by atoms with Gasteiger partial charge in [-0.2, -0.15) is 26.5 Å². The Morgan fingerprint density at radius 2 is 0.838 bits per heavy atom. The van der Waals surface area contributed by atoms with Gasteiger partial charge in [-0.05, 0) is 224 Å². The normalized spacial score (nSPS) is 13.1. The van der Waals surface area contributed by atoms with Crippen molar-refractivity contribution in [3.8, 4) is 22.5 Å². The fourth-order valence-corrected chi connectivity index (χ4v) is 23.2. The molecule has 798 valence electrons. The number of nitrogens with one attached hydrogen (secondary N) is 1. The maximum absolute atomic E-state index is 6.02. The van der Waals surface area contributed by atoms with E-state index in [2.05, 4.69) is 314 Å². The number of aromatic nitrogens is 14. The average Bonchev–Trinajstić information content (AvgIpc) is 1.68. The molecular weight excluding hydrogens is 2450 g/mol. The van der Waals surface area contributed by atoms with Crippen LogP contribution in [0.5, 0.6) is 0 Å². The third-order valence-corrected chi connectivity index (χ3v) is 39.6. The Kier molecular flexibility index (Phi) is 82.0. The summed E-state index contributed by atoms with van der Waals surface area (Å²) in [5.41, 5.74) is 9.60. The van der Waals surface area contributed by atoms with Crippen LogP contribution in [0.15, 0.2) is 175 Å². The van der Waals surface area contributed by atoms with Gasteiger partial charge in [-0.15, -0.1) is 35.3 Å². The minimum atomic E-state index is -1.77. The summed E-state index contributed by atoms with van der Waals surface area (Å²) in [5, 5.41) is 3.43. The van der Waals surface area contributed by atoms with E-state index < -0.39 is 67.9 Å². The van der Waals surface area contributed by atoms with Crippen LogP contribution in [0.4, 0.5) is 0 Å².